The molecule has 248 valence electrons. The highest BCUT2D eigenvalue weighted by atomic mass is 32.2. The second kappa shape index (κ2) is 14.6. The number of urea groups is 1. The molecule has 2 amide bonds. The Labute approximate surface area is 277 Å². The largest absolute Gasteiger partial charge is 0.573 e. The van der Waals surface area contributed by atoms with E-state index in [9.17, 15) is 18.0 Å². The fourth-order valence-corrected chi connectivity index (χ4v) is 6.94. The molecule has 1 aliphatic heterocycles. The van der Waals surface area contributed by atoms with Gasteiger partial charge in [-0.1, -0.05) is 68.9 Å². The van der Waals surface area contributed by atoms with Gasteiger partial charge in [0.15, 0.2) is 11.0 Å². The summed E-state index contributed by atoms with van der Waals surface area (Å²) in [6.45, 7) is 11.3. The van der Waals surface area contributed by atoms with Crippen LogP contribution in [0.25, 0.3) is 17.1 Å². The minimum atomic E-state index is -4.75. The van der Waals surface area contributed by atoms with Crippen molar-refractivity contribution in [3.8, 4) is 22.8 Å². The van der Waals surface area contributed by atoms with E-state index in [-0.39, 0.29) is 23.7 Å². The number of nitrogens with one attached hydrogen (secondary N) is 1. The first-order valence-electron chi connectivity index (χ1n) is 15.6. The monoisotopic (exact) mass is 664 g/mol. The van der Waals surface area contributed by atoms with Crippen molar-refractivity contribution in [3.63, 3.8) is 0 Å². The van der Waals surface area contributed by atoms with Crippen LogP contribution in [-0.4, -0.2) is 50.7 Å². The summed E-state index contributed by atoms with van der Waals surface area (Å²) in [6, 6.07) is 19.5. The van der Waals surface area contributed by atoms with Gasteiger partial charge >= 0.3 is 12.4 Å². The molecule has 1 fully saturated rings. The van der Waals surface area contributed by atoms with Gasteiger partial charge in [0, 0.05) is 29.6 Å². The molecule has 1 aromatic heterocycles. The number of carbonyl (C=O) groups is 1. The lowest BCUT2D eigenvalue weighted by Crippen LogP contribution is -2.43. The number of aryl methyl sites for hydroxylation is 1. The maximum atomic E-state index is 13.0. The third-order valence-electron chi connectivity index (χ3n) is 7.97. The topological polar surface area (TPSA) is 84.6 Å². The Bertz CT molecular complexity index is 1700. The summed E-state index contributed by atoms with van der Waals surface area (Å²) in [7, 11) is 0. The highest BCUT2D eigenvalue weighted by molar-refractivity contribution is 8.14. The van der Waals surface area contributed by atoms with E-state index in [1.54, 1.807) is 11.8 Å². The van der Waals surface area contributed by atoms with Crippen LogP contribution in [0.3, 0.4) is 0 Å². The number of alkyl halides is 3. The zero-order valence-electron chi connectivity index (χ0n) is 27.1. The highest BCUT2D eigenvalue weighted by Gasteiger charge is 2.31. The number of nitrogens with zero attached hydrogens (tertiary/aromatic N) is 5. The van der Waals surface area contributed by atoms with Gasteiger partial charge in [0.1, 0.15) is 12.1 Å². The maximum Gasteiger partial charge on any atom is 0.573 e. The maximum absolute atomic E-state index is 13.0. The number of amides is 2. The molecule has 0 radical (unpaired) electrons. The van der Waals surface area contributed by atoms with Gasteiger partial charge in [-0.2, -0.15) is 4.99 Å². The lowest BCUT2D eigenvalue weighted by Gasteiger charge is -2.37. The number of hydrogen-bond donors (Lipinski definition) is 1. The molecule has 1 N–H and O–H groups in total. The molecule has 0 bridgehead atoms. The fraction of sp³-hybridized carbons (Fsp3) is 0.371. The second-order valence-corrected chi connectivity index (χ2v) is 13.2. The van der Waals surface area contributed by atoms with Gasteiger partial charge in [0.2, 0.25) is 0 Å². The van der Waals surface area contributed by atoms with Crippen molar-refractivity contribution in [1.29, 1.82) is 0 Å². The smallest absolute Gasteiger partial charge is 0.406 e. The lowest BCUT2D eigenvalue weighted by molar-refractivity contribution is -0.274. The van der Waals surface area contributed by atoms with Gasteiger partial charge in [-0.3, -0.25) is 0 Å². The van der Waals surface area contributed by atoms with Crippen molar-refractivity contribution >= 4 is 28.6 Å². The quantitative estimate of drug-likeness (QED) is 0.193. The summed E-state index contributed by atoms with van der Waals surface area (Å²) >= 11 is 1.62. The SMILES string of the molecule is Cc1cccc(N2C(=NC(=O)NCC(C)Cc3ccc(-c4ncn(-c5ccc(OC(F)(F)F)cc5)n4)cc3)SCCC2C)c1C(C)C. The van der Waals surface area contributed by atoms with Gasteiger partial charge in [0.05, 0.1) is 5.69 Å². The average molecular weight is 665 g/mol. The number of hydrogen-bond acceptors (Lipinski definition) is 5. The number of ether oxygens (including phenoxy) is 1. The Hall–Kier alpha value is -4.32. The van der Waals surface area contributed by atoms with Gasteiger partial charge in [0.25, 0.3) is 0 Å². The summed E-state index contributed by atoms with van der Waals surface area (Å²) in [5.41, 5.74) is 6.11. The van der Waals surface area contributed by atoms with Crippen LogP contribution in [0.2, 0.25) is 0 Å². The normalized spacial score (nSPS) is 16.8. The van der Waals surface area contributed by atoms with Gasteiger partial charge in [-0.25, -0.2) is 14.5 Å². The molecule has 0 spiro atoms. The number of aromatic nitrogens is 3. The van der Waals surface area contributed by atoms with Crippen molar-refractivity contribution in [2.24, 2.45) is 10.9 Å². The molecule has 3 aromatic carbocycles. The van der Waals surface area contributed by atoms with Crippen LogP contribution in [0.5, 0.6) is 5.75 Å². The number of rotatable bonds is 9. The first-order chi connectivity index (χ1) is 22.4. The average Bonchev–Trinajstić information content (AvgIpc) is 3.50. The Kier molecular flexibility index (Phi) is 10.6. The van der Waals surface area contributed by atoms with Crippen molar-refractivity contribution in [2.75, 3.05) is 17.2 Å². The number of anilines is 1. The Morgan fingerprint density at radius 3 is 2.49 bits per heavy atom. The third kappa shape index (κ3) is 8.73. The number of aliphatic imine (C=N–C) groups is 1. The standard InChI is InChI=1S/C35H39F3N6O2S/c1-22(2)31-24(4)7-6-8-30(31)44-25(5)17-18-47-34(44)41-33(45)39-20-23(3)19-26-9-11-27(12-10-26)32-40-21-43(42-32)28-13-15-29(16-14-28)46-35(36,37)38/h6-16,21-23,25H,17-20H2,1-5H3,(H,39,45). The number of benzene rings is 3. The first kappa shape index (κ1) is 34.0. The van der Waals surface area contributed by atoms with Crippen LogP contribution >= 0.6 is 11.8 Å². The number of thioether (sulfide) groups is 1. The molecule has 47 heavy (non-hydrogen) atoms. The van der Waals surface area contributed by atoms with Crippen molar-refractivity contribution < 1.29 is 22.7 Å². The fourth-order valence-electron chi connectivity index (χ4n) is 5.73. The van der Waals surface area contributed by atoms with Gasteiger partial charge in [-0.15, -0.1) is 18.3 Å². The van der Waals surface area contributed by atoms with Crippen LogP contribution in [0, 0.1) is 12.8 Å². The molecule has 2 atom stereocenters. The molecule has 1 saturated heterocycles. The molecule has 12 heteroatoms. The molecule has 2 unspecified atom stereocenters. The number of halogens is 3. The van der Waals surface area contributed by atoms with Crippen molar-refractivity contribution in [1.82, 2.24) is 20.1 Å². The Morgan fingerprint density at radius 2 is 1.81 bits per heavy atom. The number of amidine groups is 1. The van der Waals surface area contributed by atoms with Crippen LogP contribution in [0.4, 0.5) is 23.7 Å². The minimum Gasteiger partial charge on any atom is -0.406 e. The summed E-state index contributed by atoms with van der Waals surface area (Å²) < 4.78 is 42.7. The number of carbonyl (C=O) groups excluding carboxylic acids is 1. The minimum absolute atomic E-state index is 0.171. The van der Waals surface area contributed by atoms with Crippen molar-refractivity contribution in [2.45, 2.75) is 65.8 Å². The van der Waals surface area contributed by atoms with E-state index in [0.29, 0.717) is 24.0 Å². The first-order valence-corrected chi connectivity index (χ1v) is 16.6. The van der Waals surface area contributed by atoms with E-state index < -0.39 is 6.36 Å². The molecule has 1 aliphatic rings. The molecule has 2 heterocycles. The van der Waals surface area contributed by atoms with E-state index in [4.69, 9.17) is 0 Å². The summed E-state index contributed by atoms with van der Waals surface area (Å²) in [4.78, 5) is 24.1. The van der Waals surface area contributed by atoms with E-state index >= 15 is 0 Å². The van der Waals surface area contributed by atoms with E-state index in [0.717, 1.165) is 40.6 Å². The highest BCUT2D eigenvalue weighted by Crippen LogP contribution is 2.36. The zero-order chi connectivity index (χ0) is 33.7. The molecular weight excluding hydrogens is 625 g/mol. The van der Waals surface area contributed by atoms with E-state index in [1.165, 1.54) is 46.4 Å². The second-order valence-electron chi connectivity index (χ2n) is 12.2. The predicted octanol–water partition coefficient (Wildman–Crippen LogP) is 8.54. The zero-order valence-corrected chi connectivity index (χ0v) is 27.9. The summed E-state index contributed by atoms with van der Waals surface area (Å²) in [6.07, 6.45) is -1.47. The van der Waals surface area contributed by atoms with Gasteiger partial charge < -0.3 is 15.0 Å². The van der Waals surface area contributed by atoms with E-state index in [2.05, 4.69) is 82.8 Å². The summed E-state index contributed by atoms with van der Waals surface area (Å²) in [5.74, 6) is 1.62. The predicted molar refractivity (Wildman–Crippen MR) is 181 cm³/mol. The van der Waals surface area contributed by atoms with Gasteiger partial charge in [-0.05, 0) is 85.5 Å². The molecular formula is C35H39F3N6O2S. The Morgan fingerprint density at radius 1 is 1.09 bits per heavy atom. The lowest BCUT2D eigenvalue weighted by atomic mass is 9.95. The van der Waals surface area contributed by atoms with Crippen molar-refractivity contribution in [3.05, 3.63) is 89.7 Å². The van der Waals surface area contributed by atoms with Crippen LogP contribution < -0.4 is 15.0 Å². The molecule has 0 aliphatic carbocycles. The van der Waals surface area contributed by atoms with Crippen LogP contribution in [0.1, 0.15) is 56.7 Å². The molecule has 8 nitrogen and oxygen atoms in total. The van der Waals surface area contributed by atoms with E-state index in [1.807, 2.05) is 24.3 Å². The molecule has 4 aromatic rings. The molecule has 5 rings (SSSR count). The Balaban J connectivity index is 1.17. The third-order valence-corrected chi connectivity index (χ3v) is 8.96. The summed E-state index contributed by atoms with van der Waals surface area (Å²) in [5, 5.41) is 8.21. The van der Waals surface area contributed by atoms with Crippen LogP contribution in [0.15, 0.2) is 78.0 Å². The van der Waals surface area contributed by atoms with Crippen LogP contribution in [-0.2, 0) is 6.42 Å². The molecule has 0 saturated carbocycles.